The third-order valence-electron chi connectivity index (χ3n) is 4.90. The van der Waals surface area contributed by atoms with Crippen LogP contribution in [0.3, 0.4) is 0 Å². The van der Waals surface area contributed by atoms with Crippen molar-refractivity contribution in [3.05, 3.63) is 52.5 Å². The fraction of sp³-hybridized carbons (Fsp3) is 0.273. The Kier molecular flexibility index (Phi) is 7.88. The predicted octanol–water partition coefficient (Wildman–Crippen LogP) is 1.82. The topological polar surface area (TPSA) is 123 Å². The second-order valence-electron chi connectivity index (χ2n) is 7.06. The minimum absolute atomic E-state index is 0.0596. The molecule has 11 heteroatoms. The Bertz CT molecular complexity index is 1060. The average Bonchev–Trinajstić information content (AvgIpc) is 3.22. The predicted molar refractivity (Wildman–Crippen MR) is 121 cm³/mol. The highest BCUT2D eigenvalue weighted by Gasteiger charge is 2.37. The largest absolute Gasteiger partial charge is 0.497 e. The summed E-state index contributed by atoms with van der Waals surface area (Å²) in [5.74, 6) is -1.94. The van der Waals surface area contributed by atoms with E-state index in [2.05, 4.69) is 26.8 Å². The number of amides is 3. The molecule has 0 saturated carbocycles. The number of nitrogens with one attached hydrogen (secondary N) is 2. The quantitative estimate of drug-likeness (QED) is 0.422. The second-order valence-corrected chi connectivity index (χ2v) is 7.98. The van der Waals surface area contributed by atoms with Crippen LogP contribution in [0.15, 0.2) is 46.9 Å². The molecule has 2 N–H and O–H groups in total. The van der Waals surface area contributed by atoms with E-state index in [1.807, 2.05) is 0 Å². The van der Waals surface area contributed by atoms with Crippen LogP contribution in [0.25, 0.3) is 0 Å². The number of rotatable bonds is 7. The Labute approximate surface area is 198 Å². The number of ether oxygens (including phenoxy) is 3. The van der Waals surface area contributed by atoms with Crippen LogP contribution in [-0.4, -0.2) is 51.1 Å². The summed E-state index contributed by atoms with van der Waals surface area (Å²) in [6.45, 7) is -0.516. The van der Waals surface area contributed by atoms with Crippen molar-refractivity contribution < 1.29 is 33.4 Å². The Morgan fingerprint density at radius 2 is 1.79 bits per heavy atom. The van der Waals surface area contributed by atoms with E-state index in [0.717, 1.165) is 4.47 Å². The summed E-state index contributed by atoms with van der Waals surface area (Å²) in [4.78, 5) is 50.2. The fourth-order valence-electron chi connectivity index (χ4n) is 3.20. The van der Waals surface area contributed by atoms with Crippen molar-refractivity contribution in [2.24, 2.45) is 5.92 Å². The van der Waals surface area contributed by atoms with Gasteiger partial charge in [-0.1, -0.05) is 15.9 Å². The Balaban J connectivity index is 1.50. The van der Waals surface area contributed by atoms with Crippen LogP contribution >= 0.6 is 15.9 Å². The molecule has 0 bridgehead atoms. The van der Waals surface area contributed by atoms with Crippen molar-refractivity contribution in [2.45, 2.75) is 6.42 Å². The normalized spacial score (nSPS) is 15.1. The van der Waals surface area contributed by atoms with Gasteiger partial charge in [-0.05, 0) is 36.4 Å². The zero-order valence-electron chi connectivity index (χ0n) is 17.9. The van der Waals surface area contributed by atoms with Gasteiger partial charge in [0.1, 0.15) is 11.5 Å². The monoisotopic (exact) mass is 519 g/mol. The molecule has 10 nitrogen and oxygen atoms in total. The van der Waals surface area contributed by atoms with E-state index in [0.29, 0.717) is 22.7 Å². The van der Waals surface area contributed by atoms with Crippen LogP contribution < -0.4 is 25.2 Å². The molecule has 0 radical (unpaired) electrons. The van der Waals surface area contributed by atoms with Gasteiger partial charge in [0.15, 0.2) is 6.61 Å². The summed E-state index contributed by atoms with van der Waals surface area (Å²) in [6.07, 6.45) is -0.0596. The summed E-state index contributed by atoms with van der Waals surface area (Å²) in [5, 5.41) is 0. The number of carbonyl (C=O) groups excluding carboxylic acids is 4. The molecule has 0 aliphatic carbocycles. The van der Waals surface area contributed by atoms with Crippen LogP contribution in [0.5, 0.6) is 11.5 Å². The van der Waals surface area contributed by atoms with Crippen molar-refractivity contribution in [3.8, 4) is 11.5 Å². The number of esters is 1. The molecule has 2 aromatic carbocycles. The Hall–Kier alpha value is -3.60. The molecule has 2 aromatic rings. The molecule has 0 aromatic heterocycles. The van der Waals surface area contributed by atoms with Crippen molar-refractivity contribution in [1.29, 1.82) is 0 Å². The molecule has 1 saturated heterocycles. The third-order valence-corrected chi connectivity index (χ3v) is 5.43. The minimum Gasteiger partial charge on any atom is -0.497 e. The summed E-state index contributed by atoms with van der Waals surface area (Å²) in [6, 6.07) is 11.5. The first-order chi connectivity index (χ1) is 15.8. The maximum absolute atomic E-state index is 12.5. The van der Waals surface area contributed by atoms with Gasteiger partial charge in [-0.25, -0.2) is 0 Å². The molecule has 1 heterocycles. The zero-order chi connectivity index (χ0) is 24.0. The molecule has 3 amide bonds. The van der Waals surface area contributed by atoms with E-state index in [4.69, 9.17) is 14.2 Å². The van der Waals surface area contributed by atoms with Crippen molar-refractivity contribution >= 4 is 45.3 Å². The standard InChI is InChI=1S/C22H22BrN3O7/c1-31-16-7-8-17(18(10-16)32-2)26-11-14(9-20(26)28)22(30)33-12-19(27)24-25-21(29)13-3-5-15(23)6-4-13/h3-8,10,14H,9,11-12H2,1-2H3,(H,24,27)(H,25,29)/t14-/m0/s1. The number of benzene rings is 2. The lowest BCUT2D eigenvalue weighted by molar-refractivity contribution is -0.152. The van der Waals surface area contributed by atoms with Crippen LogP contribution in [0.2, 0.25) is 0 Å². The summed E-state index contributed by atoms with van der Waals surface area (Å²) in [5.41, 5.74) is 5.26. The van der Waals surface area contributed by atoms with Gasteiger partial charge in [0.2, 0.25) is 5.91 Å². The molecular formula is C22H22BrN3O7. The van der Waals surface area contributed by atoms with Gasteiger partial charge in [0, 0.05) is 29.1 Å². The maximum Gasteiger partial charge on any atom is 0.311 e. The van der Waals surface area contributed by atoms with Crippen LogP contribution in [0.1, 0.15) is 16.8 Å². The van der Waals surface area contributed by atoms with E-state index in [1.165, 1.54) is 19.1 Å². The third kappa shape index (κ3) is 6.01. The summed E-state index contributed by atoms with van der Waals surface area (Å²) in [7, 11) is 2.99. The number of hydrazine groups is 1. The van der Waals surface area contributed by atoms with Crippen molar-refractivity contribution in [1.82, 2.24) is 10.9 Å². The average molecular weight is 520 g/mol. The highest BCUT2D eigenvalue weighted by molar-refractivity contribution is 9.10. The van der Waals surface area contributed by atoms with E-state index in [-0.39, 0.29) is 18.9 Å². The molecule has 1 aliphatic heterocycles. The van der Waals surface area contributed by atoms with E-state index in [9.17, 15) is 19.2 Å². The van der Waals surface area contributed by atoms with Gasteiger partial charge in [0.05, 0.1) is 25.8 Å². The number of nitrogens with zero attached hydrogens (tertiary/aromatic N) is 1. The SMILES string of the molecule is COc1ccc(N2C[C@@H](C(=O)OCC(=O)NNC(=O)c3ccc(Br)cc3)CC2=O)c(OC)c1. The lowest BCUT2D eigenvalue weighted by Gasteiger charge is -2.20. The molecule has 0 unspecified atom stereocenters. The number of hydrogen-bond donors (Lipinski definition) is 2. The van der Waals surface area contributed by atoms with Crippen molar-refractivity contribution in [3.63, 3.8) is 0 Å². The molecule has 1 aliphatic rings. The number of carbonyl (C=O) groups is 4. The molecular weight excluding hydrogens is 498 g/mol. The zero-order valence-corrected chi connectivity index (χ0v) is 19.5. The van der Waals surface area contributed by atoms with Gasteiger partial charge in [-0.3, -0.25) is 30.0 Å². The summed E-state index contributed by atoms with van der Waals surface area (Å²) >= 11 is 3.27. The highest BCUT2D eigenvalue weighted by Crippen LogP contribution is 2.36. The van der Waals surface area contributed by atoms with Crippen LogP contribution in [0.4, 0.5) is 5.69 Å². The van der Waals surface area contributed by atoms with Gasteiger partial charge in [0.25, 0.3) is 11.8 Å². The highest BCUT2D eigenvalue weighted by atomic mass is 79.9. The maximum atomic E-state index is 12.5. The first kappa shape index (κ1) is 24.1. The smallest absolute Gasteiger partial charge is 0.311 e. The van der Waals surface area contributed by atoms with E-state index >= 15 is 0 Å². The molecule has 33 heavy (non-hydrogen) atoms. The molecule has 3 rings (SSSR count). The molecule has 1 atom stereocenters. The second kappa shape index (κ2) is 10.8. The van der Waals surface area contributed by atoms with E-state index < -0.39 is 30.3 Å². The lowest BCUT2D eigenvalue weighted by atomic mass is 10.1. The van der Waals surface area contributed by atoms with Gasteiger partial charge >= 0.3 is 5.97 Å². The number of hydrogen-bond acceptors (Lipinski definition) is 7. The molecule has 174 valence electrons. The number of methoxy groups -OCH3 is 2. The molecule has 1 fully saturated rings. The number of halogens is 1. The number of anilines is 1. The first-order valence-electron chi connectivity index (χ1n) is 9.86. The molecule has 0 spiro atoms. The lowest BCUT2D eigenvalue weighted by Crippen LogP contribution is -2.43. The van der Waals surface area contributed by atoms with Gasteiger partial charge < -0.3 is 19.1 Å². The minimum atomic E-state index is -0.741. The fourth-order valence-corrected chi connectivity index (χ4v) is 3.46. The van der Waals surface area contributed by atoms with E-state index in [1.54, 1.807) is 42.5 Å². The first-order valence-corrected chi connectivity index (χ1v) is 10.7. The van der Waals surface area contributed by atoms with Gasteiger partial charge in [-0.15, -0.1) is 0 Å². The van der Waals surface area contributed by atoms with Crippen LogP contribution in [0, 0.1) is 5.92 Å². The van der Waals surface area contributed by atoms with Crippen LogP contribution in [-0.2, 0) is 19.1 Å². The van der Waals surface area contributed by atoms with Crippen molar-refractivity contribution in [2.75, 3.05) is 32.3 Å². The summed E-state index contributed by atoms with van der Waals surface area (Å²) < 4.78 is 16.3. The Morgan fingerprint density at radius 1 is 1.06 bits per heavy atom. The van der Waals surface area contributed by atoms with Gasteiger partial charge in [-0.2, -0.15) is 0 Å². The Morgan fingerprint density at radius 3 is 2.45 bits per heavy atom.